The van der Waals surface area contributed by atoms with Gasteiger partial charge in [0, 0.05) is 0 Å². The minimum Gasteiger partial charge on any atom is -0.150 e. The van der Waals surface area contributed by atoms with Crippen LogP contribution in [-0.2, 0) is 17.4 Å². The third-order valence-corrected chi connectivity index (χ3v) is 6.04. The molecule has 2 heteroatoms. The molecule has 0 radical (unpaired) electrons. The topological polar surface area (TPSA) is 29.4 Å². The molecule has 0 bridgehead atoms. The monoisotopic (exact) mass is 335 g/mol. The highest BCUT2D eigenvalue weighted by atomic mass is 16.3. The molecule has 0 unspecified atom stereocenters. The molecule has 2 aromatic rings. The lowest BCUT2D eigenvalue weighted by Crippen LogP contribution is -2.34. The van der Waals surface area contributed by atoms with Gasteiger partial charge in [-0.2, -0.15) is 4.91 Å². The van der Waals surface area contributed by atoms with Gasteiger partial charge in [-0.25, -0.2) is 0 Å². The Hall–Kier alpha value is -1.96. The van der Waals surface area contributed by atoms with Crippen LogP contribution < -0.4 is 0 Å². The standard InChI is InChI=1S/C23H29NO/c1-15-7-8-17(14-24-25)12-18(15)19-13-21-20(11-16(19)2)22(3,4)9-10-23(21,5)6/h7-8,11-13H,9-10,14H2,1-6H3. The summed E-state index contributed by atoms with van der Waals surface area (Å²) in [5.41, 5.74) is 9.43. The first kappa shape index (κ1) is 17.8. The molecule has 1 aliphatic carbocycles. The minimum atomic E-state index is 0.198. The summed E-state index contributed by atoms with van der Waals surface area (Å²) in [6.07, 6.45) is 2.44. The van der Waals surface area contributed by atoms with Gasteiger partial charge < -0.3 is 0 Å². The number of hydrogen-bond acceptors (Lipinski definition) is 2. The van der Waals surface area contributed by atoms with Gasteiger partial charge in [0.15, 0.2) is 0 Å². The molecule has 1 aliphatic rings. The summed E-state index contributed by atoms with van der Waals surface area (Å²) >= 11 is 0. The van der Waals surface area contributed by atoms with Gasteiger partial charge in [-0.3, -0.25) is 0 Å². The molecule has 0 spiro atoms. The van der Waals surface area contributed by atoms with E-state index in [1.807, 2.05) is 6.07 Å². The zero-order chi connectivity index (χ0) is 18.4. The van der Waals surface area contributed by atoms with E-state index in [-0.39, 0.29) is 17.4 Å². The summed E-state index contributed by atoms with van der Waals surface area (Å²) in [7, 11) is 0. The molecule has 0 N–H and O–H groups in total. The third-order valence-electron chi connectivity index (χ3n) is 6.04. The fraction of sp³-hybridized carbons (Fsp3) is 0.478. The Morgan fingerprint density at radius 1 is 0.840 bits per heavy atom. The van der Waals surface area contributed by atoms with E-state index in [0.29, 0.717) is 0 Å². The van der Waals surface area contributed by atoms with Crippen LogP contribution in [0.4, 0.5) is 0 Å². The van der Waals surface area contributed by atoms with Gasteiger partial charge in [0.2, 0.25) is 0 Å². The second kappa shape index (κ2) is 6.09. The predicted molar refractivity (Wildman–Crippen MR) is 106 cm³/mol. The van der Waals surface area contributed by atoms with Gasteiger partial charge >= 0.3 is 0 Å². The zero-order valence-corrected chi connectivity index (χ0v) is 16.4. The van der Waals surface area contributed by atoms with Crippen molar-refractivity contribution in [2.24, 2.45) is 5.18 Å². The van der Waals surface area contributed by atoms with E-state index in [1.54, 1.807) is 0 Å². The smallest absolute Gasteiger partial charge is 0.106 e. The van der Waals surface area contributed by atoms with Crippen molar-refractivity contribution in [1.29, 1.82) is 0 Å². The van der Waals surface area contributed by atoms with Gasteiger partial charge in [-0.15, -0.1) is 0 Å². The Morgan fingerprint density at radius 2 is 1.40 bits per heavy atom. The first-order valence-electron chi connectivity index (χ1n) is 9.20. The molecule has 25 heavy (non-hydrogen) atoms. The van der Waals surface area contributed by atoms with Crippen LogP contribution in [0.3, 0.4) is 0 Å². The molecular formula is C23H29NO. The van der Waals surface area contributed by atoms with Crippen LogP contribution in [0.15, 0.2) is 35.5 Å². The Labute approximate surface area is 151 Å². The van der Waals surface area contributed by atoms with Crippen LogP contribution in [0.5, 0.6) is 0 Å². The normalized spacial score (nSPS) is 17.8. The van der Waals surface area contributed by atoms with Crippen molar-refractivity contribution in [1.82, 2.24) is 0 Å². The van der Waals surface area contributed by atoms with Crippen molar-refractivity contribution in [3.8, 4) is 11.1 Å². The summed E-state index contributed by atoms with van der Waals surface area (Å²) < 4.78 is 0. The summed E-state index contributed by atoms with van der Waals surface area (Å²) in [5, 5.41) is 3.06. The second-order valence-corrected chi connectivity index (χ2v) is 8.92. The van der Waals surface area contributed by atoms with Crippen LogP contribution in [0.2, 0.25) is 0 Å². The molecule has 0 amide bonds. The zero-order valence-electron chi connectivity index (χ0n) is 16.4. The molecule has 2 nitrogen and oxygen atoms in total. The SMILES string of the molecule is Cc1ccc(CN=O)cc1-c1cc2c(cc1C)C(C)(C)CCC2(C)C. The predicted octanol–water partition coefficient (Wildman–Crippen LogP) is 6.59. The number of rotatable bonds is 3. The van der Waals surface area contributed by atoms with Crippen molar-refractivity contribution in [2.75, 3.05) is 0 Å². The molecule has 0 atom stereocenters. The lowest BCUT2D eigenvalue weighted by atomic mass is 9.62. The summed E-state index contributed by atoms with van der Waals surface area (Å²) in [4.78, 5) is 10.7. The number of aryl methyl sites for hydroxylation is 2. The Morgan fingerprint density at radius 3 is 2.00 bits per heavy atom. The Kier molecular flexibility index (Phi) is 4.35. The van der Waals surface area contributed by atoms with E-state index < -0.39 is 0 Å². The highest BCUT2D eigenvalue weighted by Gasteiger charge is 2.37. The van der Waals surface area contributed by atoms with Gasteiger partial charge in [0.05, 0.1) is 0 Å². The fourth-order valence-electron chi connectivity index (χ4n) is 4.14. The van der Waals surface area contributed by atoms with Crippen LogP contribution in [0.1, 0.15) is 68.4 Å². The van der Waals surface area contributed by atoms with E-state index >= 15 is 0 Å². The third kappa shape index (κ3) is 3.15. The quantitative estimate of drug-likeness (QED) is 0.582. The van der Waals surface area contributed by atoms with Crippen molar-refractivity contribution in [3.05, 3.63) is 63.1 Å². The van der Waals surface area contributed by atoms with E-state index in [1.165, 1.54) is 46.2 Å². The number of fused-ring (bicyclic) bond motifs is 1. The van der Waals surface area contributed by atoms with E-state index in [9.17, 15) is 4.91 Å². The lowest BCUT2D eigenvalue weighted by Gasteiger charge is -2.42. The molecule has 0 saturated heterocycles. The van der Waals surface area contributed by atoms with Crippen molar-refractivity contribution in [3.63, 3.8) is 0 Å². The lowest BCUT2D eigenvalue weighted by molar-refractivity contribution is 0.332. The maximum Gasteiger partial charge on any atom is 0.106 e. The van der Waals surface area contributed by atoms with Crippen LogP contribution in [0.25, 0.3) is 11.1 Å². The average Bonchev–Trinajstić information content (AvgIpc) is 2.54. The highest BCUT2D eigenvalue weighted by molar-refractivity contribution is 5.73. The number of hydrogen-bond donors (Lipinski definition) is 0. The molecule has 0 aliphatic heterocycles. The molecule has 132 valence electrons. The van der Waals surface area contributed by atoms with Crippen LogP contribution >= 0.6 is 0 Å². The number of benzene rings is 2. The molecule has 0 aromatic heterocycles. The van der Waals surface area contributed by atoms with E-state index in [0.717, 1.165) is 5.56 Å². The van der Waals surface area contributed by atoms with Gasteiger partial charge in [0.1, 0.15) is 6.54 Å². The average molecular weight is 335 g/mol. The maximum atomic E-state index is 10.7. The van der Waals surface area contributed by atoms with E-state index in [2.05, 4.69) is 71.0 Å². The Balaban J connectivity index is 2.23. The van der Waals surface area contributed by atoms with E-state index in [4.69, 9.17) is 0 Å². The second-order valence-electron chi connectivity index (χ2n) is 8.92. The van der Waals surface area contributed by atoms with Crippen molar-refractivity contribution in [2.45, 2.75) is 71.8 Å². The van der Waals surface area contributed by atoms with Gasteiger partial charge in [-0.1, -0.05) is 57.1 Å². The van der Waals surface area contributed by atoms with Crippen molar-refractivity contribution < 1.29 is 0 Å². The van der Waals surface area contributed by atoms with Gasteiger partial charge in [0.25, 0.3) is 0 Å². The molecule has 3 rings (SSSR count). The first-order chi connectivity index (χ1) is 11.7. The minimum absolute atomic E-state index is 0.198. The maximum absolute atomic E-state index is 10.7. The molecule has 0 fully saturated rings. The van der Waals surface area contributed by atoms with Gasteiger partial charge in [-0.05, 0) is 82.5 Å². The molecular weight excluding hydrogens is 306 g/mol. The molecule has 2 aromatic carbocycles. The largest absolute Gasteiger partial charge is 0.150 e. The molecule has 0 saturated carbocycles. The van der Waals surface area contributed by atoms with Crippen LogP contribution in [0, 0.1) is 18.8 Å². The summed E-state index contributed by atoms with van der Waals surface area (Å²) in [6, 6.07) is 11.0. The van der Waals surface area contributed by atoms with Crippen molar-refractivity contribution >= 4 is 0 Å². The summed E-state index contributed by atoms with van der Waals surface area (Å²) in [5.74, 6) is 0. The first-order valence-corrected chi connectivity index (χ1v) is 9.20. The number of nitrogens with zero attached hydrogens (tertiary/aromatic N) is 1. The fourth-order valence-corrected chi connectivity index (χ4v) is 4.14. The number of nitroso groups, excluding NO2 is 1. The summed E-state index contributed by atoms with van der Waals surface area (Å²) in [6.45, 7) is 14.0. The van der Waals surface area contributed by atoms with Crippen LogP contribution in [-0.4, -0.2) is 0 Å². The highest BCUT2D eigenvalue weighted by Crippen LogP contribution is 2.47. The Bertz CT molecular complexity index is 830. The molecule has 0 heterocycles.